The molecule has 1 aromatic carbocycles. The number of likely N-dealkylation sites (tertiary alicyclic amines) is 1. The number of rotatable bonds is 5. The van der Waals surface area contributed by atoms with Crippen molar-refractivity contribution in [3.05, 3.63) is 66.9 Å². The number of amides is 1. The average Bonchev–Trinajstić information content (AvgIpc) is 3.45. The molecule has 0 unspecified atom stereocenters. The molecule has 0 aliphatic carbocycles. The summed E-state index contributed by atoms with van der Waals surface area (Å²) in [6.45, 7) is 0.936. The van der Waals surface area contributed by atoms with Crippen LogP contribution in [0.15, 0.2) is 61.3 Å². The molecular weight excluding hydrogens is 394 g/mol. The summed E-state index contributed by atoms with van der Waals surface area (Å²) in [7, 11) is 0. The maximum atomic E-state index is 12.4. The zero-order valence-corrected chi connectivity index (χ0v) is 16.6. The van der Waals surface area contributed by atoms with E-state index in [2.05, 4.69) is 26.1 Å². The lowest BCUT2D eigenvalue weighted by molar-refractivity contribution is -0.00254. The van der Waals surface area contributed by atoms with Gasteiger partial charge < -0.3 is 14.6 Å². The standard InChI is InChI=1S/C22H19N7O2/c23-8-7-22(13-28(14-22)21(30)31-12-16-4-2-1-3-5-16)29-11-17(10-27-29)19-18-6-9-24-20(18)26-15-25-19/h1-6,9-11,15H,7,12-14H2,(H,24,25,26). The Hall–Kier alpha value is -4.19. The summed E-state index contributed by atoms with van der Waals surface area (Å²) in [4.78, 5) is 25.7. The Bertz CT molecular complexity index is 1270. The van der Waals surface area contributed by atoms with Gasteiger partial charge in [0, 0.05) is 23.3 Å². The van der Waals surface area contributed by atoms with Crippen molar-refractivity contribution in [2.24, 2.45) is 0 Å². The molecule has 9 heteroatoms. The van der Waals surface area contributed by atoms with Crippen molar-refractivity contribution >= 4 is 17.1 Å². The Morgan fingerprint density at radius 3 is 2.87 bits per heavy atom. The molecule has 1 aliphatic rings. The summed E-state index contributed by atoms with van der Waals surface area (Å²) in [6, 6.07) is 13.7. The van der Waals surface area contributed by atoms with E-state index in [9.17, 15) is 10.1 Å². The summed E-state index contributed by atoms with van der Waals surface area (Å²) in [5, 5.41) is 14.8. The van der Waals surface area contributed by atoms with Crippen LogP contribution in [0.5, 0.6) is 0 Å². The van der Waals surface area contributed by atoms with Crippen LogP contribution in [0.3, 0.4) is 0 Å². The third-order valence-electron chi connectivity index (χ3n) is 5.54. The molecule has 5 rings (SSSR count). The minimum atomic E-state index is -0.580. The number of ether oxygens (including phenoxy) is 1. The maximum absolute atomic E-state index is 12.4. The topological polar surface area (TPSA) is 113 Å². The molecule has 0 radical (unpaired) electrons. The number of nitrogens with one attached hydrogen (secondary N) is 1. The lowest BCUT2D eigenvalue weighted by Gasteiger charge is -2.48. The zero-order valence-electron chi connectivity index (χ0n) is 16.6. The van der Waals surface area contributed by atoms with Gasteiger partial charge >= 0.3 is 6.09 Å². The first-order valence-corrected chi connectivity index (χ1v) is 9.85. The summed E-state index contributed by atoms with van der Waals surface area (Å²) in [6.07, 6.45) is 6.76. The predicted molar refractivity (Wildman–Crippen MR) is 112 cm³/mol. The molecular formula is C22H19N7O2. The van der Waals surface area contributed by atoms with Crippen LogP contribution in [0.25, 0.3) is 22.3 Å². The van der Waals surface area contributed by atoms with Crippen molar-refractivity contribution in [1.29, 1.82) is 5.26 Å². The van der Waals surface area contributed by atoms with Crippen molar-refractivity contribution in [1.82, 2.24) is 29.6 Å². The fourth-order valence-electron chi connectivity index (χ4n) is 3.90. The summed E-state index contributed by atoms with van der Waals surface area (Å²) in [5.74, 6) is 0. The number of aromatic amines is 1. The Balaban J connectivity index is 1.31. The van der Waals surface area contributed by atoms with E-state index in [-0.39, 0.29) is 13.0 Å². The first-order chi connectivity index (χ1) is 15.2. The number of aromatic nitrogens is 5. The molecule has 4 aromatic rings. The van der Waals surface area contributed by atoms with Crippen LogP contribution >= 0.6 is 0 Å². The van der Waals surface area contributed by atoms with Crippen LogP contribution in [0.1, 0.15) is 12.0 Å². The maximum Gasteiger partial charge on any atom is 0.410 e. The number of hydrogen-bond acceptors (Lipinski definition) is 6. The van der Waals surface area contributed by atoms with E-state index in [1.807, 2.05) is 48.8 Å². The molecule has 0 saturated carbocycles. The number of benzene rings is 1. The second kappa shape index (κ2) is 7.57. The van der Waals surface area contributed by atoms with Gasteiger partial charge in [0.25, 0.3) is 0 Å². The number of hydrogen-bond donors (Lipinski definition) is 1. The molecule has 1 aliphatic heterocycles. The Labute approximate surface area is 177 Å². The lowest BCUT2D eigenvalue weighted by Crippen LogP contribution is -2.64. The molecule has 1 saturated heterocycles. The number of carbonyl (C=O) groups excluding carboxylic acids is 1. The van der Waals surface area contributed by atoms with Crippen LogP contribution in [-0.2, 0) is 16.9 Å². The second-order valence-corrected chi connectivity index (χ2v) is 7.59. The fraction of sp³-hybridized carbons (Fsp3) is 0.227. The zero-order chi connectivity index (χ0) is 21.3. The van der Waals surface area contributed by atoms with Crippen LogP contribution in [0, 0.1) is 11.3 Å². The van der Waals surface area contributed by atoms with E-state index < -0.39 is 11.6 Å². The highest BCUT2D eigenvalue weighted by Gasteiger charge is 2.48. The first kappa shape index (κ1) is 18.8. The SMILES string of the molecule is N#CCC1(n2cc(-c3ncnc4[nH]ccc34)cn2)CN(C(=O)OCc2ccccc2)C1. The largest absolute Gasteiger partial charge is 0.445 e. The van der Waals surface area contributed by atoms with Crippen molar-refractivity contribution in [2.75, 3.05) is 13.1 Å². The normalized spacial score (nSPS) is 14.7. The highest BCUT2D eigenvalue weighted by atomic mass is 16.6. The molecule has 0 bridgehead atoms. The van der Waals surface area contributed by atoms with Gasteiger partial charge in [-0.3, -0.25) is 4.68 Å². The van der Waals surface area contributed by atoms with Crippen molar-refractivity contribution in [3.8, 4) is 17.3 Å². The molecule has 1 N–H and O–H groups in total. The van der Waals surface area contributed by atoms with E-state index in [4.69, 9.17) is 4.74 Å². The molecule has 31 heavy (non-hydrogen) atoms. The molecule has 154 valence electrons. The predicted octanol–water partition coefficient (Wildman–Crippen LogP) is 3.08. The van der Waals surface area contributed by atoms with Crippen LogP contribution in [0.2, 0.25) is 0 Å². The quantitative estimate of drug-likeness (QED) is 0.538. The van der Waals surface area contributed by atoms with E-state index in [0.29, 0.717) is 13.1 Å². The Morgan fingerprint density at radius 2 is 2.06 bits per heavy atom. The second-order valence-electron chi connectivity index (χ2n) is 7.59. The van der Waals surface area contributed by atoms with Gasteiger partial charge in [-0.2, -0.15) is 10.4 Å². The van der Waals surface area contributed by atoms with Crippen molar-refractivity contribution in [2.45, 2.75) is 18.6 Å². The molecule has 3 aromatic heterocycles. The van der Waals surface area contributed by atoms with Gasteiger partial charge in [-0.15, -0.1) is 0 Å². The smallest absolute Gasteiger partial charge is 0.410 e. The molecule has 9 nitrogen and oxygen atoms in total. The highest BCUT2D eigenvalue weighted by molar-refractivity contribution is 5.90. The van der Waals surface area contributed by atoms with Crippen LogP contribution in [0.4, 0.5) is 4.79 Å². The van der Waals surface area contributed by atoms with Gasteiger partial charge in [-0.1, -0.05) is 30.3 Å². The number of H-pyrrole nitrogens is 1. The monoisotopic (exact) mass is 413 g/mol. The molecule has 0 spiro atoms. The minimum Gasteiger partial charge on any atom is -0.445 e. The van der Waals surface area contributed by atoms with Gasteiger partial charge in [-0.25, -0.2) is 14.8 Å². The number of nitrogens with zero attached hydrogens (tertiary/aromatic N) is 6. The lowest BCUT2D eigenvalue weighted by atomic mass is 9.87. The summed E-state index contributed by atoms with van der Waals surface area (Å²) < 4.78 is 7.18. The van der Waals surface area contributed by atoms with Crippen molar-refractivity contribution in [3.63, 3.8) is 0 Å². The fourth-order valence-corrected chi connectivity index (χ4v) is 3.90. The number of fused-ring (bicyclic) bond motifs is 1. The number of nitriles is 1. The minimum absolute atomic E-state index is 0.216. The van der Waals surface area contributed by atoms with Gasteiger partial charge in [-0.05, 0) is 11.6 Å². The molecule has 1 fully saturated rings. The first-order valence-electron chi connectivity index (χ1n) is 9.85. The molecule has 4 heterocycles. The number of carbonyl (C=O) groups is 1. The summed E-state index contributed by atoms with van der Waals surface area (Å²) in [5.41, 5.74) is 2.69. The summed E-state index contributed by atoms with van der Waals surface area (Å²) >= 11 is 0. The Kier molecular flexibility index (Phi) is 4.59. The van der Waals surface area contributed by atoms with Gasteiger partial charge in [0.1, 0.15) is 24.1 Å². The van der Waals surface area contributed by atoms with Crippen molar-refractivity contribution < 1.29 is 9.53 Å². The van der Waals surface area contributed by atoms with E-state index in [0.717, 1.165) is 27.9 Å². The highest BCUT2D eigenvalue weighted by Crippen LogP contribution is 2.34. The third-order valence-corrected chi connectivity index (χ3v) is 5.54. The molecule has 0 atom stereocenters. The van der Waals surface area contributed by atoms with Gasteiger partial charge in [0.15, 0.2) is 0 Å². The van der Waals surface area contributed by atoms with Crippen LogP contribution < -0.4 is 0 Å². The van der Waals surface area contributed by atoms with Gasteiger partial charge in [0.2, 0.25) is 0 Å². The van der Waals surface area contributed by atoms with E-state index in [1.54, 1.807) is 15.8 Å². The van der Waals surface area contributed by atoms with E-state index >= 15 is 0 Å². The van der Waals surface area contributed by atoms with E-state index in [1.165, 1.54) is 6.33 Å². The van der Waals surface area contributed by atoms with Crippen LogP contribution in [-0.4, -0.2) is 48.8 Å². The molecule has 1 amide bonds. The average molecular weight is 413 g/mol. The third kappa shape index (κ3) is 3.38. The van der Waals surface area contributed by atoms with Gasteiger partial charge in [0.05, 0.1) is 37.5 Å². The Morgan fingerprint density at radius 1 is 1.23 bits per heavy atom.